The zero-order chi connectivity index (χ0) is 16.0. The molecule has 0 unspecified atom stereocenters. The average Bonchev–Trinajstić information content (AvgIpc) is 2.57. The second-order valence-corrected chi connectivity index (χ2v) is 7.07. The molecule has 3 aromatic rings. The Bertz CT molecular complexity index is 616. The van der Waals surface area contributed by atoms with E-state index in [-0.39, 0.29) is 0 Å². The van der Waals surface area contributed by atoms with Gasteiger partial charge >= 0.3 is 7.94 Å². The van der Waals surface area contributed by atoms with E-state index in [1.807, 2.05) is 97.7 Å². The van der Waals surface area contributed by atoms with Crippen molar-refractivity contribution in [3.8, 4) is 17.2 Å². The molecule has 0 saturated carbocycles. The molecule has 0 saturated heterocycles. The van der Waals surface area contributed by atoms with Gasteiger partial charge < -0.3 is 0 Å². The van der Waals surface area contributed by atoms with Crippen molar-refractivity contribution in [1.82, 2.24) is 0 Å². The molecule has 4 heteroatoms. The van der Waals surface area contributed by atoms with Crippen LogP contribution in [0.1, 0.15) is 0 Å². The van der Waals surface area contributed by atoms with Crippen LogP contribution in [0.3, 0.4) is 0 Å². The minimum atomic E-state index is -2.64. The van der Waals surface area contributed by atoms with Gasteiger partial charge in [-0.2, -0.15) is 0 Å². The van der Waals surface area contributed by atoms with Gasteiger partial charge in [0.25, 0.3) is 0 Å². The van der Waals surface area contributed by atoms with Gasteiger partial charge in [-0.25, -0.2) is 0 Å². The first kappa shape index (κ1) is 15.4. The van der Waals surface area contributed by atoms with Gasteiger partial charge in [0.05, 0.1) is 0 Å². The summed E-state index contributed by atoms with van der Waals surface area (Å²) in [5, 5.41) is 0. The lowest BCUT2D eigenvalue weighted by Crippen LogP contribution is -2.13. The van der Waals surface area contributed by atoms with Gasteiger partial charge in [-0.15, -0.1) is 0 Å². The van der Waals surface area contributed by atoms with E-state index in [9.17, 15) is 0 Å². The highest BCUT2D eigenvalue weighted by Gasteiger charge is 2.43. The summed E-state index contributed by atoms with van der Waals surface area (Å²) in [5.74, 6) is 2.15. The maximum atomic E-state index is 6.08. The molecule has 0 N–H and O–H groups in total. The molecule has 0 aliphatic rings. The van der Waals surface area contributed by atoms with E-state index < -0.39 is 7.94 Å². The molecule has 23 heavy (non-hydrogen) atoms. The lowest BCUT2D eigenvalue weighted by Gasteiger charge is -2.19. The number of hydrogen-bond acceptors (Lipinski definition) is 3. The van der Waals surface area contributed by atoms with Crippen LogP contribution in [0.5, 0.6) is 17.2 Å². The molecule has 0 spiro atoms. The highest BCUT2D eigenvalue weighted by molar-refractivity contribution is 7.62. The molecule has 116 valence electrons. The molecule has 3 rings (SSSR count). The molecule has 0 fully saturated rings. The summed E-state index contributed by atoms with van der Waals surface area (Å²) in [5.41, 5.74) is 0. The molecule has 0 radical (unpaired) electrons. The first-order valence-corrected chi connectivity index (χ1v) is 9.33. The summed E-state index contributed by atoms with van der Waals surface area (Å²) >= 11 is 0. The lowest BCUT2D eigenvalue weighted by atomic mass is 10.3. The fourth-order valence-electron chi connectivity index (χ4n) is 2.07. The van der Waals surface area contributed by atoms with Gasteiger partial charge in [0.2, 0.25) is 0 Å². The SMILES string of the molecule is C[P+](Oc1ccccc1)(Oc1ccccc1)Oc1ccccc1. The van der Waals surface area contributed by atoms with Crippen molar-refractivity contribution >= 4 is 7.94 Å². The number of benzene rings is 3. The summed E-state index contributed by atoms with van der Waals surface area (Å²) < 4.78 is 18.2. The third kappa shape index (κ3) is 4.48. The van der Waals surface area contributed by atoms with Crippen LogP contribution in [-0.2, 0) is 0 Å². The molecule has 0 bridgehead atoms. The predicted molar refractivity (Wildman–Crippen MR) is 94.1 cm³/mol. The van der Waals surface area contributed by atoms with Crippen molar-refractivity contribution in [3.63, 3.8) is 0 Å². The Labute approximate surface area is 137 Å². The molecule has 0 aliphatic heterocycles. The number of rotatable bonds is 6. The Kier molecular flexibility index (Phi) is 4.80. The van der Waals surface area contributed by atoms with Crippen molar-refractivity contribution in [1.29, 1.82) is 0 Å². The van der Waals surface area contributed by atoms with Gasteiger partial charge in [-0.05, 0) is 36.4 Å². The first-order chi connectivity index (χ1) is 11.2. The van der Waals surface area contributed by atoms with E-state index in [1.165, 1.54) is 0 Å². The van der Waals surface area contributed by atoms with E-state index >= 15 is 0 Å². The van der Waals surface area contributed by atoms with Crippen LogP contribution in [-0.4, -0.2) is 6.66 Å². The highest BCUT2D eigenvalue weighted by Crippen LogP contribution is 2.57. The average molecular weight is 325 g/mol. The van der Waals surface area contributed by atoms with Gasteiger partial charge in [-0.3, -0.25) is 13.6 Å². The molecule has 3 aromatic carbocycles. The van der Waals surface area contributed by atoms with Crippen LogP contribution in [0.25, 0.3) is 0 Å². The molecular formula is C19H18O3P+. The van der Waals surface area contributed by atoms with E-state index in [0.717, 1.165) is 17.2 Å². The third-order valence-corrected chi connectivity index (χ3v) is 4.67. The van der Waals surface area contributed by atoms with Gasteiger partial charge in [0, 0.05) is 0 Å². The van der Waals surface area contributed by atoms with E-state index in [1.54, 1.807) is 0 Å². The van der Waals surface area contributed by atoms with Gasteiger partial charge in [0.15, 0.2) is 23.9 Å². The van der Waals surface area contributed by atoms with Crippen LogP contribution in [0.2, 0.25) is 0 Å². The smallest absolute Gasteiger partial charge is 0.272 e. The Hall–Kier alpha value is -2.51. The monoisotopic (exact) mass is 325 g/mol. The van der Waals surface area contributed by atoms with Crippen LogP contribution in [0.4, 0.5) is 0 Å². The van der Waals surface area contributed by atoms with E-state index in [0.29, 0.717) is 0 Å². The Morgan fingerprint density at radius 2 is 0.739 bits per heavy atom. The molecule has 3 nitrogen and oxygen atoms in total. The van der Waals surface area contributed by atoms with Crippen molar-refractivity contribution < 1.29 is 13.6 Å². The normalized spacial score (nSPS) is 10.8. The van der Waals surface area contributed by atoms with Crippen molar-refractivity contribution in [2.45, 2.75) is 0 Å². The molecule has 0 aliphatic carbocycles. The fraction of sp³-hybridized carbons (Fsp3) is 0.0526. The van der Waals surface area contributed by atoms with Gasteiger partial charge in [0.1, 0.15) is 0 Å². The quantitative estimate of drug-likeness (QED) is 0.551. The summed E-state index contributed by atoms with van der Waals surface area (Å²) in [6.07, 6.45) is 0. The van der Waals surface area contributed by atoms with Crippen LogP contribution >= 0.6 is 7.94 Å². The minimum Gasteiger partial charge on any atom is -0.272 e. The summed E-state index contributed by atoms with van der Waals surface area (Å²) in [6.45, 7) is 1.86. The topological polar surface area (TPSA) is 27.7 Å². The Morgan fingerprint density at radius 3 is 1.00 bits per heavy atom. The number of hydrogen-bond donors (Lipinski definition) is 0. The van der Waals surface area contributed by atoms with Crippen LogP contribution in [0.15, 0.2) is 91.0 Å². The van der Waals surface area contributed by atoms with Crippen LogP contribution < -0.4 is 13.6 Å². The minimum absolute atomic E-state index is 0.718. The second kappa shape index (κ2) is 7.17. The summed E-state index contributed by atoms with van der Waals surface area (Å²) in [7, 11) is -2.64. The highest BCUT2D eigenvalue weighted by atomic mass is 31.2. The first-order valence-electron chi connectivity index (χ1n) is 7.34. The molecular weight excluding hydrogens is 307 g/mol. The van der Waals surface area contributed by atoms with E-state index in [4.69, 9.17) is 13.6 Å². The molecule has 0 amide bonds. The van der Waals surface area contributed by atoms with Crippen molar-refractivity contribution in [3.05, 3.63) is 91.0 Å². The predicted octanol–water partition coefficient (Wildman–Crippen LogP) is 5.62. The second-order valence-electron chi connectivity index (χ2n) is 4.98. The van der Waals surface area contributed by atoms with E-state index in [2.05, 4.69) is 0 Å². The molecule has 0 aromatic heterocycles. The third-order valence-electron chi connectivity index (χ3n) is 3.04. The largest absolute Gasteiger partial charge is 0.538 e. The fourth-order valence-corrected chi connectivity index (χ4v) is 3.70. The zero-order valence-electron chi connectivity index (χ0n) is 12.8. The molecule has 0 heterocycles. The van der Waals surface area contributed by atoms with Crippen molar-refractivity contribution in [2.24, 2.45) is 0 Å². The maximum absolute atomic E-state index is 6.08. The van der Waals surface area contributed by atoms with Gasteiger partial charge in [-0.1, -0.05) is 54.6 Å². The standard InChI is InChI=1S/C19H18O3P/c1-23(20-17-11-5-2-6-12-17,21-18-13-7-3-8-14-18)22-19-15-9-4-10-16-19/h2-16H,1H3/q+1. The Balaban J connectivity index is 1.85. The zero-order valence-corrected chi connectivity index (χ0v) is 13.7. The summed E-state index contributed by atoms with van der Waals surface area (Å²) in [4.78, 5) is 0. The summed E-state index contributed by atoms with van der Waals surface area (Å²) in [6, 6.07) is 28.7. The molecule has 0 atom stereocenters. The number of para-hydroxylation sites is 3. The van der Waals surface area contributed by atoms with Crippen molar-refractivity contribution in [2.75, 3.05) is 6.66 Å². The Morgan fingerprint density at radius 1 is 0.478 bits per heavy atom. The maximum Gasteiger partial charge on any atom is 0.538 e. The lowest BCUT2D eigenvalue weighted by molar-refractivity contribution is 0.362. The van der Waals surface area contributed by atoms with Crippen LogP contribution in [0, 0.1) is 0 Å².